The number of aryl methyl sites for hydroxylation is 1. The summed E-state index contributed by atoms with van der Waals surface area (Å²) in [5.41, 5.74) is 3.70. The van der Waals surface area contributed by atoms with Crippen molar-refractivity contribution in [2.24, 2.45) is 0 Å². The largest absolute Gasteiger partial charge is 0.375 e. The van der Waals surface area contributed by atoms with E-state index in [2.05, 4.69) is 47.4 Å². The monoisotopic (exact) mass is 364 g/mol. The van der Waals surface area contributed by atoms with Crippen LogP contribution in [0.1, 0.15) is 30.4 Å². The molecule has 2 aromatic carbocycles. The second-order valence-corrected chi connectivity index (χ2v) is 7.55. The van der Waals surface area contributed by atoms with Crippen LogP contribution in [0.15, 0.2) is 54.6 Å². The van der Waals surface area contributed by atoms with Gasteiger partial charge in [0.1, 0.15) is 0 Å². The first-order valence-corrected chi connectivity index (χ1v) is 10.1. The molecule has 1 atom stereocenters. The van der Waals surface area contributed by atoms with Gasteiger partial charge in [-0.2, -0.15) is 0 Å². The summed E-state index contributed by atoms with van der Waals surface area (Å²) in [5, 5.41) is 0. The van der Waals surface area contributed by atoms with Crippen molar-refractivity contribution in [3.05, 3.63) is 65.7 Å². The van der Waals surface area contributed by atoms with Crippen molar-refractivity contribution >= 4 is 11.6 Å². The van der Waals surface area contributed by atoms with Crippen molar-refractivity contribution in [2.75, 3.05) is 31.1 Å². The van der Waals surface area contributed by atoms with Crippen LogP contribution in [-0.4, -0.2) is 43.2 Å². The fourth-order valence-corrected chi connectivity index (χ4v) is 4.14. The van der Waals surface area contributed by atoms with Gasteiger partial charge in [0.05, 0.1) is 19.1 Å². The molecule has 0 saturated carbocycles. The van der Waals surface area contributed by atoms with E-state index in [1.165, 1.54) is 11.1 Å². The molecule has 0 spiro atoms. The van der Waals surface area contributed by atoms with E-state index in [1.54, 1.807) is 0 Å². The quantitative estimate of drug-likeness (QED) is 0.830. The van der Waals surface area contributed by atoms with Crippen molar-refractivity contribution in [1.82, 2.24) is 4.90 Å². The Labute approximate surface area is 161 Å². The van der Waals surface area contributed by atoms with E-state index in [9.17, 15) is 4.79 Å². The van der Waals surface area contributed by atoms with E-state index >= 15 is 0 Å². The second kappa shape index (κ2) is 8.68. The van der Waals surface area contributed by atoms with Crippen LogP contribution in [0.4, 0.5) is 5.69 Å². The van der Waals surface area contributed by atoms with Crippen LogP contribution >= 0.6 is 0 Å². The van der Waals surface area contributed by atoms with Crippen LogP contribution in [0, 0.1) is 0 Å². The number of para-hydroxylation sites is 1. The zero-order valence-electron chi connectivity index (χ0n) is 15.8. The molecule has 27 heavy (non-hydrogen) atoms. The lowest BCUT2D eigenvalue weighted by molar-refractivity contribution is -0.123. The third kappa shape index (κ3) is 4.57. The van der Waals surface area contributed by atoms with Crippen LogP contribution in [0.2, 0.25) is 0 Å². The van der Waals surface area contributed by atoms with Crippen LogP contribution in [0.5, 0.6) is 0 Å². The minimum Gasteiger partial charge on any atom is -0.375 e. The molecule has 4 heteroatoms. The van der Waals surface area contributed by atoms with Crippen molar-refractivity contribution < 1.29 is 9.53 Å². The van der Waals surface area contributed by atoms with Gasteiger partial charge in [-0.25, -0.2) is 0 Å². The molecule has 2 aliphatic rings. The minimum absolute atomic E-state index is 0.0228. The minimum atomic E-state index is -0.0228. The number of ether oxygens (including phenoxy) is 1. The van der Waals surface area contributed by atoms with Crippen LogP contribution in [-0.2, 0) is 22.5 Å². The number of fused-ring (bicyclic) bond motifs is 1. The van der Waals surface area contributed by atoms with Gasteiger partial charge in [-0.05, 0) is 36.5 Å². The summed E-state index contributed by atoms with van der Waals surface area (Å²) in [5.74, 6) is 0.191. The summed E-state index contributed by atoms with van der Waals surface area (Å²) in [6, 6.07) is 18.8. The molecule has 1 saturated heterocycles. The second-order valence-electron chi connectivity index (χ2n) is 7.55. The molecular weight excluding hydrogens is 336 g/mol. The highest BCUT2D eigenvalue weighted by Gasteiger charge is 2.27. The van der Waals surface area contributed by atoms with E-state index in [4.69, 9.17) is 4.74 Å². The Kier molecular flexibility index (Phi) is 5.85. The lowest BCUT2D eigenvalue weighted by Gasteiger charge is -2.34. The maximum Gasteiger partial charge on any atom is 0.229 e. The van der Waals surface area contributed by atoms with E-state index in [0.717, 1.165) is 51.1 Å². The highest BCUT2D eigenvalue weighted by Crippen LogP contribution is 2.27. The average molecular weight is 364 g/mol. The number of carbonyl (C=O) groups excluding carboxylic acids is 1. The summed E-state index contributed by atoms with van der Waals surface area (Å²) >= 11 is 0. The number of hydrogen-bond acceptors (Lipinski definition) is 3. The predicted molar refractivity (Wildman–Crippen MR) is 108 cm³/mol. The molecule has 142 valence electrons. The summed E-state index contributed by atoms with van der Waals surface area (Å²) in [6.07, 6.45) is 3.70. The molecule has 4 rings (SSSR count). The molecule has 0 aliphatic carbocycles. The smallest absolute Gasteiger partial charge is 0.229 e. The topological polar surface area (TPSA) is 32.8 Å². The SMILES string of the molecule is O=C(CC1CN(Cc2ccccc2)CCO1)N1CCCCc2ccccc21. The summed E-state index contributed by atoms with van der Waals surface area (Å²) < 4.78 is 5.94. The molecular formula is C23H28N2O2. The Hall–Kier alpha value is -2.17. The first-order chi connectivity index (χ1) is 13.3. The van der Waals surface area contributed by atoms with Gasteiger partial charge >= 0.3 is 0 Å². The van der Waals surface area contributed by atoms with Gasteiger partial charge < -0.3 is 9.64 Å². The van der Waals surface area contributed by atoms with Gasteiger partial charge in [0.25, 0.3) is 0 Å². The van der Waals surface area contributed by atoms with Gasteiger partial charge in [-0.1, -0.05) is 48.5 Å². The van der Waals surface area contributed by atoms with Gasteiger partial charge in [-0.3, -0.25) is 9.69 Å². The van der Waals surface area contributed by atoms with Crippen molar-refractivity contribution in [3.63, 3.8) is 0 Å². The van der Waals surface area contributed by atoms with E-state index < -0.39 is 0 Å². The van der Waals surface area contributed by atoms with Crippen LogP contribution in [0.25, 0.3) is 0 Å². The van der Waals surface area contributed by atoms with Gasteiger partial charge in [0, 0.05) is 31.9 Å². The lowest BCUT2D eigenvalue weighted by atomic mass is 10.1. The molecule has 0 aromatic heterocycles. The highest BCUT2D eigenvalue weighted by molar-refractivity contribution is 5.94. The number of carbonyl (C=O) groups is 1. The Morgan fingerprint density at radius 3 is 2.70 bits per heavy atom. The summed E-state index contributed by atoms with van der Waals surface area (Å²) in [7, 11) is 0. The Morgan fingerprint density at radius 2 is 1.81 bits per heavy atom. The standard InChI is InChI=1S/C23H28N2O2/c26-23(25-13-7-6-11-20-10-4-5-12-22(20)25)16-21-18-24(14-15-27-21)17-19-8-2-1-3-9-19/h1-5,8-10,12,21H,6-7,11,13-18H2. The molecule has 2 heterocycles. The number of benzene rings is 2. The molecule has 4 nitrogen and oxygen atoms in total. The van der Waals surface area contributed by atoms with Crippen LogP contribution < -0.4 is 4.90 Å². The molecule has 0 bridgehead atoms. The molecule has 2 aliphatic heterocycles. The Balaban J connectivity index is 1.39. The van der Waals surface area contributed by atoms with Gasteiger partial charge in [-0.15, -0.1) is 0 Å². The maximum absolute atomic E-state index is 13.1. The Bertz CT molecular complexity index is 762. The predicted octanol–water partition coefficient (Wildman–Crippen LogP) is 3.65. The third-order valence-electron chi connectivity index (χ3n) is 5.54. The summed E-state index contributed by atoms with van der Waals surface area (Å²) in [6.45, 7) is 4.17. The number of rotatable bonds is 4. The van der Waals surface area contributed by atoms with E-state index in [1.807, 2.05) is 17.0 Å². The number of morpholine rings is 1. The van der Waals surface area contributed by atoms with E-state index in [-0.39, 0.29) is 12.0 Å². The number of anilines is 1. The highest BCUT2D eigenvalue weighted by atomic mass is 16.5. The number of hydrogen-bond donors (Lipinski definition) is 0. The first kappa shape index (κ1) is 18.2. The molecule has 1 fully saturated rings. The fourth-order valence-electron chi connectivity index (χ4n) is 4.14. The zero-order chi connectivity index (χ0) is 18.5. The fraction of sp³-hybridized carbons (Fsp3) is 0.435. The summed E-state index contributed by atoms with van der Waals surface area (Å²) in [4.78, 5) is 17.5. The van der Waals surface area contributed by atoms with E-state index in [0.29, 0.717) is 13.0 Å². The molecule has 1 unspecified atom stereocenters. The Morgan fingerprint density at radius 1 is 1.00 bits per heavy atom. The van der Waals surface area contributed by atoms with Crippen molar-refractivity contribution in [2.45, 2.75) is 38.3 Å². The van der Waals surface area contributed by atoms with Crippen molar-refractivity contribution in [1.29, 1.82) is 0 Å². The lowest BCUT2D eigenvalue weighted by Crippen LogP contribution is -2.45. The van der Waals surface area contributed by atoms with Gasteiger partial charge in [0.15, 0.2) is 0 Å². The number of nitrogens with zero attached hydrogens (tertiary/aromatic N) is 2. The average Bonchev–Trinajstić information content (AvgIpc) is 2.92. The number of amides is 1. The van der Waals surface area contributed by atoms with Crippen molar-refractivity contribution in [3.8, 4) is 0 Å². The molecule has 0 N–H and O–H groups in total. The first-order valence-electron chi connectivity index (χ1n) is 10.1. The van der Waals surface area contributed by atoms with Crippen LogP contribution in [0.3, 0.4) is 0 Å². The third-order valence-corrected chi connectivity index (χ3v) is 5.54. The van der Waals surface area contributed by atoms with Gasteiger partial charge in [0.2, 0.25) is 5.91 Å². The zero-order valence-corrected chi connectivity index (χ0v) is 15.8. The molecule has 1 amide bonds. The molecule has 2 aromatic rings. The normalized spacial score (nSPS) is 20.7. The maximum atomic E-state index is 13.1. The molecule has 0 radical (unpaired) electrons.